The topological polar surface area (TPSA) is 33.6 Å². The summed E-state index contributed by atoms with van der Waals surface area (Å²) < 4.78 is 7.23. The molecule has 0 amide bonds. The highest BCUT2D eigenvalue weighted by Crippen LogP contribution is 2.76. The van der Waals surface area contributed by atoms with Crippen LogP contribution in [0.5, 0.6) is 0 Å². The Labute approximate surface area is 107 Å². The number of nitrogens with one attached hydrogen (secondary N) is 1. The fraction of sp³-hybridized carbons (Fsp3) is 0.917. The van der Waals surface area contributed by atoms with Crippen molar-refractivity contribution in [1.82, 2.24) is 14.0 Å². The molecule has 0 aromatic carbocycles. The second kappa shape index (κ2) is 4.83. The molecule has 17 heavy (non-hydrogen) atoms. The van der Waals surface area contributed by atoms with Gasteiger partial charge in [0.1, 0.15) is 5.16 Å². The summed E-state index contributed by atoms with van der Waals surface area (Å²) in [6, 6.07) is 0. The van der Waals surface area contributed by atoms with E-state index in [0.717, 1.165) is 25.5 Å². The van der Waals surface area contributed by atoms with E-state index in [1.807, 2.05) is 0 Å². The molecule has 1 aliphatic rings. The Morgan fingerprint density at radius 2 is 1.71 bits per heavy atom. The lowest BCUT2D eigenvalue weighted by Gasteiger charge is -2.46. The van der Waals surface area contributed by atoms with Crippen molar-refractivity contribution in [3.63, 3.8) is 0 Å². The molecule has 0 saturated carbocycles. The van der Waals surface area contributed by atoms with E-state index in [4.69, 9.17) is 5.41 Å². The van der Waals surface area contributed by atoms with Crippen LogP contribution < -0.4 is 0 Å². The number of rotatable bonds is 3. The minimum absolute atomic E-state index is 0.172. The van der Waals surface area contributed by atoms with Gasteiger partial charge in [-0.3, -0.25) is 5.41 Å². The molecule has 1 atom stereocenters. The van der Waals surface area contributed by atoms with Crippen molar-refractivity contribution < 1.29 is 0 Å². The predicted octanol–water partition coefficient (Wildman–Crippen LogP) is 2.74. The van der Waals surface area contributed by atoms with Crippen molar-refractivity contribution in [3.8, 4) is 0 Å². The lowest BCUT2D eigenvalue weighted by atomic mass is 10.3. The summed E-state index contributed by atoms with van der Waals surface area (Å²) in [5.74, 6) is 0.752. The Morgan fingerprint density at radius 1 is 1.24 bits per heavy atom. The second-order valence-electron chi connectivity index (χ2n) is 5.66. The predicted molar refractivity (Wildman–Crippen MR) is 77.7 cm³/mol. The molecule has 1 N–H and O–H groups in total. The van der Waals surface area contributed by atoms with Crippen LogP contribution in [0.4, 0.5) is 0 Å². The van der Waals surface area contributed by atoms with E-state index in [1.54, 1.807) is 0 Å². The summed E-state index contributed by atoms with van der Waals surface area (Å²) >= 11 is 0. The number of amidine groups is 1. The SMILES string of the molecule is CCN(CC)[P+]1(C(C)(C)C)N(C)CC(=N)N1C. The summed E-state index contributed by atoms with van der Waals surface area (Å²) in [5, 5.41) is 8.32. The first-order valence-corrected chi connectivity index (χ1v) is 8.06. The van der Waals surface area contributed by atoms with Crippen LogP contribution in [0.1, 0.15) is 34.6 Å². The standard InChI is InChI=1S/C12H28N4P/c1-8-16(9-2)17(12(3,4)5)14(6)10-11(13)15(17)7/h13H,8-10H2,1-7H3/q+1. The molecule has 100 valence electrons. The number of hydrogen-bond donors (Lipinski definition) is 1. The first-order chi connectivity index (χ1) is 7.73. The molecule has 1 unspecified atom stereocenters. The largest absolute Gasteiger partial charge is 0.284 e. The average molecular weight is 259 g/mol. The third-order valence-electron chi connectivity index (χ3n) is 3.69. The maximum Gasteiger partial charge on any atom is 0.256 e. The van der Waals surface area contributed by atoms with Crippen LogP contribution in [0, 0.1) is 5.41 Å². The molecule has 0 aliphatic carbocycles. The Hall–Kier alpha value is -0.180. The van der Waals surface area contributed by atoms with E-state index in [0.29, 0.717) is 0 Å². The van der Waals surface area contributed by atoms with Gasteiger partial charge in [0, 0.05) is 27.2 Å². The van der Waals surface area contributed by atoms with Crippen LogP contribution in [-0.4, -0.2) is 58.7 Å². The van der Waals surface area contributed by atoms with Crippen molar-refractivity contribution in [2.24, 2.45) is 0 Å². The molecule has 4 nitrogen and oxygen atoms in total. The van der Waals surface area contributed by atoms with Gasteiger partial charge in [-0.25, -0.2) is 4.67 Å². The first kappa shape index (κ1) is 14.9. The minimum atomic E-state index is -1.60. The van der Waals surface area contributed by atoms with Crippen LogP contribution in [-0.2, 0) is 0 Å². The maximum atomic E-state index is 8.15. The molecule has 0 spiro atoms. The molecule has 1 rings (SSSR count). The Morgan fingerprint density at radius 3 is 1.94 bits per heavy atom. The molecule has 0 bridgehead atoms. The van der Waals surface area contributed by atoms with E-state index in [-0.39, 0.29) is 5.16 Å². The Bertz CT molecular complexity index is 295. The number of hydrogen-bond acceptors (Lipinski definition) is 3. The van der Waals surface area contributed by atoms with Crippen molar-refractivity contribution in [1.29, 1.82) is 5.41 Å². The van der Waals surface area contributed by atoms with Crippen LogP contribution in [0.15, 0.2) is 0 Å². The quantitative estimate of drug-likeness (QED) is 0.791. The second-order valence-corrected chi connectivity index (χ2v) is 9.99. The molecule has 0 aromatic rings. The zero-order chi connectivity index (χ0) is 13.4. The van der Waals surface area contributed by atoms with Gasteiger partial charge in [0.2, 0.25) is 0 Å². The summed E-state index contributed by atoms with van der Waals surface area (Å²) in [5.41, 5.74) is 0. The molecular formula is C12H28N4P+. The highest BCUT2D eigenvalue weighted by atomic mass is 31.2. The minimum Gasteiger partial charge on any atom is -0.284 e. The molecule has 1 fully saturated rings. The first-order valence-electron chi connectivity index (χ1n) is 6.41. The summed E-state index contributed by atoms with van der Waals surface area (Å²) in [4.78, 5) is 0. The smallest absolute Gasteiger partial charge is 0.256 e. The van der Waals surface area contributed by atoms with Crippen molar-refractivity contribution >= 4 is 13.6 Å². The van der Waals surface area contributed by atoms with Gasteiger partial charge in [-0.05, 0) is 34.6 Å². The van der Waals surface area contributed by atoms with Crippen LogP contribution in [0.2, 0.25) is 0 Å². The fourth-order valence-electron chi connectivity index (χ4n) is 3.23. The van der Waals surface area contributed by atoms with Gasteiger partial charge in [-0.1, -0.05) is 0 Å². The average Bonchev–Trinajstić information content (AvgIpc) is 2.43. The van der Waals surface area contributed by atoms with Crippen molar-refractivity contribution in [2.45, 2.75) is 39.8 Å². The molecule has 0 aromatic heterocycles. The monoisotopic (exact) mass is 259 g/mol. The lowest BCUT2D eigenvalue weighted by Crippen LogP contribution is -2.45. The number of likely N-dealkylation sites (N-methyl/N-ethyl adjacent to an activating group) is 2. The van der Waals surface area contributed by atoms with Gasteiger partial charge >= 0.3 is 0 Å². The van der Waals surface area contributed by atoms with E-state index in [1.165, 1.54) is 0 Å². The highest BCUT2D eigenvalue weighted by molar-refractivity contribution is 7.71. The van der Waals surface area contributed by atoms with Gasteiger partial charge in [0.25, 0.3) is 7.71 Å². The number of nitrogens with zero attached hydrogens (tertiary/aromatic N) is 3. The molecule has 1 heterocycles. The molecule has 0 radical (unpaired) electrons. The normalized spacial score (nSPS) is 27.3. The summed E-state index contributed by atoms with van der Waals surface area (Å²) in [6.07, 6.45) is 0. The Balaban J connectivity index is 3.33. The third-order valence-corrected chi connectivity index (χ3v) is 9.01. The van der Waals surface area contributed by atoms with Crippen LogP contribution in [0.3, 0.4) is 0 Å². The van der Waals surface area contributed by atoms with Gasteiger partial charge < -0.3 is 0 Å². The van der Waals surface area contributed by atoms with Gasteiger partial charge in [-0.15, -0.1) is 9.34 Å². The third kappa shape index (κ3) is 2.00. The van der Waals surface area contributed by atoms with Gasteiger partial charge in [0.15, 0.2) is 5.84 Å². The lowest BCUT2D eigenvalue weighted by molar-refractivity contribution is 0.402. The van der Waals surface area contributed by atoms with Crippen LogP contribution >= 0.6 is 7.71 Å². The summed E-state index contributed by atoms with van der Waals surface area (Å²) in [6.45, 7) is 14.2. The molecular weight excluding hydrogens is 231 g/mol. The van der Waals surface area contributed by atoms with E-state index in [9.17, 15) is 0 Å². The molecule has 1 aliphatic heterocycles. The molecule has 1 saturated heterocycles. The zero-order valence-electron chi connectivity index (χ0n) is 12.4. The van der Waals surface area contributed by atoms with Crippen LogP contribution in [0.25, 0.3) is 0 Å². The van der Waals surface area contributed by atoms with Gasteiger partial charge in [-0.2, -0.15) is 0 Å². The van der Waals surface area contributed by atoms with Gasteiger partial charge in [0.05, 0.1) is 6.54 Å². The van der Waals surface area contributed by atoms with E-state index < -0.39 is 7.71 Å². The van der Waals surface area contributed by atoms with Crippen molar-refractivity contribution in [2.75, 3.05) is 33.7 Å². The molecule has 5 heteroatoms. The highest BCUT2D eigenvalue weighted by Gasteiger charge is 2.66. The van der Waals surface area contributed by atoms with Crippen molar-refractivity contribution in [3.05, 3.63) is 0 Å². The Kier molecular flexibility index (Phi) is 4.23. The van der Waals surface area contributed by atoms with E-state index >= 15 is 0 Å². The van der Waals surface area contributed by atoms with E-state index in [2.05, 4.69) is 62.7 Å². The zero-order valence-corrected chi connectivity index (χ0v) is 13.3. The fourth-order valence-corrected chi connectivity index (χ4v) is 8.79. The maximum absolute atomic E-state index is 8.15. The summed E-state index contributed by atoms with van der Waals surface area (Å²) in [7, 11) is 2.67.